The summed E-state index contributed by atoms with van der Waals surface area (Å²) in [7, 11) is 1.71. The van der Waals surface area contributed by atoms with Gasteiger partial charge in [0.05, 0.1) is 6.61 Å². The van der Waals surface area contributed by atoms with Crippen LogP contribution in [0, 0.1) is 0 Å². The predicted molar refractivity (Wildman–Crippen MR) is 86.3 cm³/mol. The lowest BCUT2D eigenvalue weighted by Crippen LogP contribution is -2.20. The van der Waals surface area contributed by atoms with Crippen LogP contribution in [0.4, 0.5) is 0 Å². The molecule has 2 rings (SSSR count). The van der Waals surface area contributed by atoms with Crippen LogP contribution >= 0.6 is 27.5 Å². The molecule has 0 amide bonds. The van der Waals surface area contributed by atoms with E-state index in [1.165, 1.54) is 5.69 Å². The Morgan fingerprint density at radius 3 is 2.95 bits per heavy atom. The molecule has 0 aliphatic heterocycles. The molecular formula is C15H18BrClN2O. The van der Waals surface area contributed by atoms with Gasteiger partial charge in [-0.15, -0.1) is 0 Å². The van der Waals surface area contributed by atoms with E-state index in [1.807, 2.05) is 12.1 Å². The van der Waals surface area contributed by atoms with Crippen molar-refractivity contribution in [3.8, 4) is 0 Å². The van der Waals surface area contributed by atoms with Gasteiger partial charge in [0, 0.05) is 48.1 Å². The predicted octanol–water partition coefficient (Wildman–Crippen LogP) is 3.69. The molecule has 1 N–H and O–H groups in total. The highest BCUT2D eigenvalue weighted by atomic mass is 79.9. The zero-order valence-electron chi connectivity index (χ0n) is 11.4. The molecule has 1 aromatic carbocycles. The highest BCUT2D eigenvalue weighted by Gasteiger charge is 2.05. The van der Waals surface area contributed by atoms with Crippen LogP contribution in [0.2, 0.25) is 5.02 Å². The summed E-state index contributed by atoms with van der Waals surface area (Å²) >= 11 is 9.69. The number of nitrogens with one attached hydrogen (secondary N) is 1. The fraction of sp³-hybridized carbons (Fsp3) is 0.333. The number of methoxy groups -OCH3 is 1. The van der Waals surface area contributed by atoms with Crippen molar-refractivity contribution >= 4 is 27.5 Å². The SMILES string of the molecule is COCCNCc1cccn1Cc1ccc(Br)cc1Cl. The summed E-state index contributed by atoms with van der Waals surface area (Å²) in [4.78, 5) is 0. The smallest absolute Gasteiger partial charge is 0.0587 e. The Labute approximate surface area is 133 Å². The summed E-state index contributed by atoms with van der Waals surface area (Å²) in [6.45, 7) is 3.17. The van der Waals surface area contributed by atoms with Crippen LogP contribution in [0.3, 0.4) is 0 Å². The minimum atomic E-state index is 0.721. The van der Waals surface area contributed by atoms with Gasteiger partial charge in [0.2, 0.25) is 0 Å². The third-order valence-electron chi connectivity index (χ3n) is 3.07. The molecule has 0 fully saturated rings. The lowest BCUT2D eigenvalue weighted by atomic mass is 10.2. The molecule has 3 nitrogen and oxygen atoms in total. The standard InChI is InChI=1S/C15H18BrClN2O/c1-20-8-6-18-10-14-3-2-7-19(14)11-12-4-5-13(16)9-15(12)17/h2-5,7,9,18H,6,8,10-11H2,1H3. The second-order valence-electron chi connectivity index (χ2n) is 4.53. The van der Waals surface area contributed by atoms with Crippen molar-refractivity contribution < 1.29 is 4.74 Å². The van der Waals surface area contributed by atoms with Gasteiger partial charge in [0.1, 0.15) is 0 Å². The third kappa shape index (κ3) is 4.35. The average Bonchev–Trinajstić information content (AvgIpc) is 2.85. The van der Waals surface area contributed by atoms with Crippen LogP contribution in [0.15, 0.2) is 41.0 Å². The number of hydrogen-bond donors (Lipinski definition) is 1. The first-order valence-electron chi connectivity index (χ1n) is 6.48. The Kier molecular flexibility index (Phi) is 6.10. The minimum Gasteiger partial charge on any atom is -0.383 e. The van der Waals surface area contributed by atoms with E-state index in [2.05, 4.69) is 50.2 Å². The lowest BCUT2D eigenvalue weighted by Gasteiger charge is -2.11. The molecule has 1 heterocycles. The molecule has 0 unspecified atom stereocenters. The van der Waals surface area contributed by atoms with E-state index in [1.54, 1.807) is 7.11 Å². The summed E-state index contributed by atoms with van der Waals surface area (Å²) in [5.74, 6) is 0. The van der Waals surface area contributed by atoms with E-state index in [-0.39, 0.29) is 0 Å². The first-order chi connectivity index (χ1) is 9.70. The number of nitrogens with zero attached hydrogens (tertiary/aromatic N) is 1. The zero-order valence-corrected chi connectivity index (χ0v) is 13.7. The van der Waals surface area contributed by atoms with Crippen LogP contribution in [-0.2, 0) is 17.8 Å². The van der Waals surface area contributed by atoms with Gasteiger partial charge in [-0.05, 0) is 29.8 Å². The molecule has 2 aromatic rings. The maximum Gasteiger partial charge on any atom is 0.0587 e. The second-order valence-corrected chi connectivity index (χ2v) is 5.86. The summed E-state index contributed by atoms with van der Waals surface area (Å²) in [6.07, 6.45) is 2.08. The molecule has 0 aliphatic rings. The maximum absolute atomic E-state index is 6.27. The molecule has 20 heavy (non-hydrogen) atoms. The Balaban J connectivity index is 2.01. The molecule has 1 aromatic heterocycles. The molecule has 0 radical (unpaired) electrons. The Morgan fingerprint density at radius 1 is 1.35 bits per heavy atom. The normalized spacial score (nSPS) is 10.9. The summed E-state index contributed by atoms with van der Waals surface area (Å²) in [5, 5.41) is 4.14. The number of hydrogen-bond acceptors (Lipinski definition) is 2. The molecule has 5 heteroatoms. The van der Waals surface area contributed by atoms with Crippen LogP contribution in [0.1, 0.15) is 11.3 Å². The monoisotopic (exact) mass is 356 g/mol. The van der Waals surface area contributed by atoms with Gasteiger partial charge in [-0.25, -0.2) is 0 Å². The van der Waals surface area contributed by atoms with Gasteiger partial charge in [-0.1, -0.05) is 33.6 Å². The molecule has 0 saturated carbocycles. The van der Waals surface area contributed by atoms with Crippen molar-refractivity contribution in [3.05, 3.63) is 57.3 Å². The van der Waals surface area contributed by atoms with Crippen molar-refractivity contribution in [1.29, 1.82) is 0 Å². The number of rotatable bonds is 7. The van der Waals surface area contributed by atoms with Gasteiger partial charge in [0.15, 0.2) is 0 Å². The van der Waals surface area contributed by atoms with Crippen molar-refractivity contribution in [1.82, 2.24) is 9.88 Å². The van der Waals surface area contributed by atoms with Crippen LogP contribution in [0.5, 0.6) is 0 Å². The van der Waals surface area contributed by atoms with E-state index in [9.17, 15) is 0 Å². The Bertz CT molecular complexity index is 557. The Hall–Kier alpha value is -0.810. The highest BCUT2D eigenvalue weighted by molar-refractivity contribution is 9.10. The fourth-order valence-electron chi connectivity index (χ4n) is 1.99. The van der Waals surface area contributed by atoms with Crippen LogP contribution in [-0.4, -0.2) is 24.8 Å². The quantitative estimate of drug-likeness (QED) is 0.765. The van der Waals surface area contributed by atoms with Gasteiger partial charge in [-0.2, -0.15) is 0 Å². The maximum atomic E-state index is 6.27. The summed E-state index contributed by atoms with van der Waals surface area (Å²) in [5.41, 5.74) is 2.35. The van der Waals surface area contributed by atoms with Crippen molar-refractivity contribution in [3.63, 3.8) is 0 Å². The van der Waals surface area contributed by atoms with E-state index in [4.69, 9.17) is 16.3 Å². The molecule has 0 spiro atoms. The van der Waals surface area contributed by atoms with Gasteiger partial charge >= 0.3 is 0 Å². The minimum absolute atomic E-state index is 0.721. The first kappa shape index (κ1) is 15.6. The molecule has 0 aliphatic carbocycles. The van der Waals surface area contributed by atoms with E-state index in [0.717, 1.165) is 41.3 Å². The van der Waals surface area contributed by atoms with Gasteiger partial charge < -0.3 is 14.6 Å². The fourth-order valence-corrected chi connectivity index (χ4v) is 2.72. The molecule has 0 saturated heterocycles. The first-order valence-corrected chi connectivity index (χ1v) is 7.65. The number of aromatic nitrogens is 1. The van der Waals surface area contributed by atoms with Crippen LogP contribution in [0.25, 0.3) is 0 Å². The lowest BCUT2D eigenvalue weighted by molar-refractivity contribution is 0.199. The summed E-state index contributed by atoms with van der Waals surface area (Å²) in [6, 6.07) is 10.2. The van der Waals surface area contributed by atoms with E-state index < -0.39 is 0 Å². The van der Waals surface area contributed by atoms with Crippen LogP contribution < -0.4 is 5.32 Å². The Morgan fingerprint density at radius 2 is 2.20 bits per heavy atom. The van der Waals surface area contributed by atoms with Crippen molar-refractivity contribution in [2.24, 2.45) is 0 Å². The van der Waals surface area contributed by atoms with Crippen molar-refractivity contribution in [2.45, 2.75) is 13.1 Å². The highest BCUT2D eigenvalue weighted by Crippen LogP contribution is 2.22. The average molecular weight is 358 g/mol. The van der Waals surface area contributed by atoms with Gasteiger partial charge in [0.25, 0.3) is 0 Å². The second kappa shape index (κ2) is 7.84. The molecule has 108 valence electrons. The number of ether oxygens (including phenoxy) is 1. The topological polar surface area (TPSA) is 26.2 Å². The molecule has 0 atom stereocenters. The number of benzene rings is 1. The third-order valence-corrected chi connectivity index (χ3v) is 3.91. The zero-order chi connectivity index (χ0) is 14.4. The van der Waals surface area contributed by atoms with E-state index in [0.29, 0.717) is 0 Å². The van der Waals surface area contributed by atoms with Gasteiger partial charge in [-0.3, -0.25) is 0 Å². The number of halogens is 2. The summed E-state index contributed by atoms with van der Waals surface area (Å²) < 4.78 is 8.23. The molecule has 0 bridgehead atoms. The molecular weight excluding hydrogens is 340 g/mol. The van der Waals surface area contributed by atoms with E-state index >= 15 is 0 Å². The van der Waals surface area contributed by atoms with Crippen molar-refractivity contribution in [2.75, 3.05) is 20.3 Å². The largest absolute Gasteiger partial charge is 0.383 e.